The smallest absolute Gasteiger partial charge is 0.0670 e. The zero-order valence-corrected chi connectivity index (χ0v) is 18.9. The molecular weight excluding hydrogens is 413 g/mol. The van der Waals surface area contributed by atoms with E-state index >= 15 is 0 Å². The quantitative estimate of drug-likeness (QED) is 0.478. The van der Waals surface area contributed by atoms with Gasteiger partial charge in [-0.1, -0.05) is 59.6 Å². The molecule has 0 saturated carbocycles. The van der Waals surface area contributed by atoms with Gasteiger partial charge >= 0.3 is 0 Å². The summed E-state index contributed by atoms with van der Waals surface area (Å²) in [5.41, 5.74) is 5.67. The third-order valence-electron chi connectivity index (χ3n) is 5.84. The summed E-state index contributed by atoms with van der Waals surface area (Å²) in [6.45, 7) is 3.00. The summed E-state index contributed by atoms with van der Waals surface area (Å²) in [7, 11) is 4.33. The average Bonchev–Trinajstić information content (AvgIpc) is 3.26. The molecule has 1 aliphatic rings. The second-order valence-electron chi connectivity index (χ2n) is 8.05. The zero-order chi connectivity index (χ0) is 21.1. The molecule has 0 bridgehead atoms. The molecule has 1 aliphatic heterocycles. The van der Waals surface area contributed by atoms with Crippen LogP contribution in [-0.2, 0) is 6.54 Å². The van der Waals surface area contributed by atoms with Gasteiger partial charge in [0.2, 0.25) is 0 Å². The second kappa shape index (κ2) is 9.30. The first kappa shape index (κ1) is 21.0. The molecule has 156 valence electrons. The molecule has 0 aromatic heterocycles. The fraction of sp³-hybridized carbons (Fsp3) is 0.280. The van der Waals surface area contributed by atoms with Gasteiger partial charge in [-0.2, -0.15) is 0 Å². The van der Waals surface area contributed by atoms with Crippen molar-refractivity contribution in [3.8, 4) is 11.1 Å². The van der Waals surface area contributed by atoms with Gasteiger partial charge in [0.05, 0.1) is 10.0 Å². The molecule has 1 atom stereocenters. The van der Waals surface area contributed by atoms with Crippen molar-refractivity contribution < 1.29 is 0 Å². The van der Waals surface area contributed by atoms with E-state index in [-0.39, 0.29) is 0 Å². The van der Waals surface area contributed by atoms with Gasteiger partial charge in [0.15, 0.2) is 0 Å². The summed E-state index contributed by atoms with van der Waals surface area (Å²) in [5, 5.41) is 4.69. The topological polar surface area (TPSA) is 18.5 Å². The molecule has 3 aromatic rings. The largest absolute Gasteiger partial charge is 0.381 e. The van der Waals surface area contributed by atoms with E-state index in [2.05, 4.69) is 77.7 Å². The van der Waals surface area contributed by atoms with E-state index in [9.17, 15) is 0 Å². The van der Waals surface area contributed by atoms with Crippen molar-refractivity contribution in [1.29, 1.82) is 0 Å². The lowest BCUT2D eigenvalue weighted by Gasteiger charge is -2.22. The van der Waals surface area contributed by atoms with Crippen LogP contribution in [0.3, 0.4) is 0 Å². The van der Waals surface area contributed by atoms with Crippen LogP contribution in [0.15, 0.2) is 66.7 Å². The monoisotopic (exact) mass is 439 g/mol. The highest BCUT2D eigenvalue weighted by molar-refractivity contribution is 6.43. The van der Waals surface area contributed by atoms with Gasteiger partial charge in [-0.15, -0.1) is 0 Å². The molecule has 3 nitrogen and oxygen atoms in total. The summed E-state index contributed by atoms with van der Waals surface area (Å²) in [4.78, 5) is 4.79. The van der Waals surface area contributed by atoms with Gasteiger partial charge in [0.1, 0.15) is 0 Å². The summed E-state index contributed by atoms with van der Waals surface area (Å²) >= 11 is 12.5. The Labute approximate surface area is 189 Å². The summed E-state index contributed by atoms with van der Waals surface area (Å²) in [6, 6.07) is 23.5. The highest BCUT2D eigenvalue weighted by Crippen LogP contribution is 2.33. The molecular formula is C25H27Cl2N3. The Morgan fingerprint density at radius 3 is 2.37 bits per heavy atom. The highest BCUT2D eigenvalue weighted by Gasteiger charge is 2.23. The fourth-order valence-electron chi connectivity index (χ4n) is 3.92. The van der Waals surface area contributed by atoms with Crippen LogP contribution in [0, 0.1) is 0 Å². The molecule has 1 saturated heterocycles. The van der Waals surface area contributed by atoms with E-state index in [0.717, 1.165) is 36.4 Å². The van der Waals surface area contributed by atoms with Gasteiger partial charge in [0.25, 0.3) is 0 Å². The Hall–Kier alpha value is -2.20. The van der Waals surface area contributed by atoms with Crippen LogP contribution in [0.5, 0.6) is 0 Å². The number of likely N-dealkylation sites (N-methyl/N-ethyl adjacent to an activating group) is 1. The second-order valence-corrected chi connectivity index (χ2v) is 8.84. The van der Waals surface area contributed by atoms with E-state index in [0.29, 0.717) is 16.1 Å². The van der Waals surface area contributed by atoms with Gasteiger partial charge in [-0.3, -0.25) is 0 Å². The number of rotatable bonds is 6. The van der Waals surface area contributed by atoms with Crippen LogP contribution < -0.4 is 10.2 Å². The predicted octanol–water partition coefficient (Wildman–Crippen LogP) is 6.41. The normalized spacial score (nSPS) is 16.3. The number of nitrogens with zero attached hydrogens (tertiary/aromatic N) is 2. The number of hydrogen-bond acceptors (Lipinski definition) is 3. The molecule has 0 radical (unpaired) electrons. The van der Waals surface area contributed by atoms with Crippen LogP contribution in [0.25, 0.3) is 11.1 Å². The lowest BCUT2D eigenvalue weighted by Crippen LogP contribution is -2.31. The lowest BCUT2D eigenvalue weighted by molar-refractivity contribution is 0.315. The molecule has 0 aliphatic carbocycles. The summed E-state index contributed by atoms with van der Waals surface area (Å²) in [5.74, 6) is 0. The standard InChI is InChI=1S/C25H27Cl2N3/c1-29(2)22-14-15-30(17-22)21-12-10-20(11-13-21)28-16-18-6-8-19(9-7-18)23-4-3-5-24(26)25(23)27/h3-13,22,28H,14-17H2,1-2H3. The minimum atomic E-state index is 0.578. The number of nitrogens with one attached hydrogen (secondary N) is 1. The molecule has 5 heteroatoms. The Morgan fingerprint density at radius 2 is 1.70 bits per heavy atom. The average molecular weight is 440 g/mol. The van der Waals surface area contributed by atoms with Crippen molar-refractivity contribution in [2.75, 3.05) is 37.4 Å². The van der Waals surface area contributed by atoms with Crippen molar-refractivity contribution in [3.05, 3.63) is 82.3 Å². The van der Waals surface area contributed by atoms with Crippen molar-refractivity contribution in [1.82, 2.24) is 4.90 Å². The van der Waals surface area contributed by atoms with E-state index in [1.165, 1.54) is 17.7 Å². The summed E-state index contributed by atoms with van der Waals surface area (Å²) in [6.07, 6.45) is 1.23. The van der Waals surface area contributed by atoms with Crippen molar-refractivity contribution in [2.24, 2.45) is 0 Å². The van der Waals surface area contributed by atoms with Crippen LogP contribution in [-0.4, -0.2) is 38.1 Å². The Bertz CT molecular complexity index is 984. The first-order valence-electron chi connectivity index (χ1n) is 10.3. The van der Waals surface area contributed by atoms with Crippen LogP contribution in [0.1, 0.15) is 12.0 Å². The number of hydrogen-bond donors (Lipinski definition) is 1. The fourth-order valence-corrected chi connectivity index (χ4v) is 4.33. The van der Waals surface area contributed by atoms with Crippen LogP contribution in [0.4, 0.5) is 11.4 Å². The Kier molecular flexibility index (Phi) is 6.52. The first-order valence-corrected chi connectivity index (χ1v) is 11.1. The minimum absolute atomic E-state index is 0.578. The van der Waals surface area contributed by atoms with E-state index in [1.54, 1.807) is 6.07 Å². The molecule has 1 fully saturated rings. The third kappa shape index (κ3) is 4.75. The van der Waals surface area contributed by atoms with Gasteiger partial charge < -0.3 is 15.1 Å². The first-order chi connectivity index (χ1) is 14.5. The molecule has 4 rings (SSSR count). The minimum Gasteiger partial charge on any atom is -0.381 e. The van der Waals surface area contributed by atoms with Gasteiger partial charge in [0, 0.05) is 42.6 Å². The number of halogens is 2. The predicted molar refractivity (Wildman–Crippen MR) is 130 cm³/mol. The SMILES string of the molecule is CN(C)C1CCN(c2ccc(NCc3ccc(-c4cccc(Cl)c4Cl)cc3)cc2)C1. The number of anilines is 2. The third-order valence-corrected chi connectivity index (χ3v) is 6.66. The van der Waals surface area contributed by atoms with E-state index < -0.39 is 0 Å². The maximum atomic E-state index is 6.34. The Balaban J connectivity index is 1.35. The summed E-state index contributed by atoms with van der Waals surface area (Å²) < 4.78 is 0. The molecule has 1 N–H and O–H groups in total. The molecule has 3 aromatic carbocycles. The van der Waals surface area contributed by atoms with Crippen molar-refractivity contribution in [3.63, 3.8) is 0 Å². The zero-order valence-electron chi connectivity index (χ0n) is 17.4. The van der Waals surface area contributed by atoms with Crippen molar-refractivity contribution >= 4 is 34.6 Å². The maximum absolute atomic E-state index is 6.34. The highest BCUT2D eigenvalue weighted by atomic mass is 35.5. The van der Waals surface area contributed by atoms with Crippen molar-refractivity contribution in [2.45, 2.75) is 19.0 Å². The van der Waals surface area contributed by atoms with Gasteiger partial charge in [-0.25, -0.2) is 0 Å². The molecule has 0 amide bonds. The van der Waals surface area contributed by atoms with E-state index in [4.69, 9.17) is 23.2 Å². The van der Waals surface area contributed by atoms with E-state index in [1.807, 2.05) is 12.1 Å². The lowest BCUT2D eigenvalue weighted by atomic mass is 10.0. The molecule has 30 heavy (non-hydrogen) atoms. The maximum Gasteiger partial charge on any atom is 0.0670 e. The van der Waals surface area contributed by atoms with Crippen LogP contribution in [0.2, 0.25) is 10.0 Å². The van der Waals surface area contributed by atoms with Gasteiger partial charge in [-0.05, 0) is 62.0 Å². The van der Waals surface area contributed by atoms with Crippen LogP contribution >= 0.6 is 23.2 Å². The number of benzene rings is 3. The molecule has 0 spiro atoms. The Morgan fingerprint density at radius 1 is 0.967 bits per heavy atom. The molecule has 1 unspecified atom stereocenters. The molecule has 1 heterocycles.